The standard InChI is InChI=1S/C7H4ClNO5/c8-7(12)3-1-2-4(10)6(11)5(3)9(13)14/h1-2,10-11H. The van der Waals surface area contributed by atoms with Gasteiger partial charge in [-0.2, -0.15) is 0 Å². The van der Waals surface area contributed by atoms with Crippen molar-refractivity contribution in [3.63, 3.8) is 0 Å². The number of phenols is 2. The normalized spacial score (nSPS) is 9.79. The Morgan fingerprint density at radius 3 is 2.43 bits per heavy atom. The van der Waals surface area contributed by atoms with Crippen molar-refractivity contribution in [1.82, 2.24) is 0 Å². The van der Waals surface area contributed by atoms with Gasteiger partial charge in [-0.25, -0.2) is 0 Å². The van der Waals surface area contributed by atoms with E-state index in [1.165, 1.54) is 0 Å². The van der Waals surface area contributed by atoms with Crippen LogP contribution in [-0.2, 0) is 0 Å². The van der Waals surface area contributed by atoms with Gasteiger partial charge in [0.1, 0.15) is 5.56 Å². The van der Waals surface area contributed by atoms with Crippen molar-refractivity contribution in [3.05, 3.63) is 27.8 Å². The molecule has 0 heterocycles. The zero-order valence-corrected chi connectivity index (χ0v) is 7.35. The van der Waals surface area contributed by atoms with Gasteiger partial charge in [0, 0.05) is 0 Å². The molecule has 0 aliphatic carbocycles. The highest BCUT2D eigenvalue weighted by atomic mass is 35.5. The molecule has 1 aromatic carbocycles. The summed E-state index contributed by atoms with van der Waals surface area (Å²) in [6.45, 7) is 0. The molecule has 0 aliphatic heterocycles. The molecule has 2 N–H and O–H groups in total. The third kappa shape index (κ3) is 1.60. The smallest absolute Gasteiger partial charge is 0.326 e. The second-order valence-corrected chi connectivity index (χ2v) is 2.70. The van der Waals surface area contributed by atoms with Crippen LogP contribution in [0.25, 0.3) is 0 Å². The average Bonchev–Trinajstić information content (AvgIpc) is 2.08. The van der Waals surface area contributed by atoms with Crippen LogP contribution in [-0.4, -0.2) is 20.4 Å². The lowest BCUT2D eigenvalue weighted by atomic mass is 10.1. The zero-order chi connectivity index (χ0) is 10.9. The predicted octanol–water partition coefficient (Wildman–Crippen LogP) is 1.39. The number of carbonyl (C=O) groups excluding carboxylic acids is 1. The van der Waals surface area contributed by atoms with Gasteiger partial charge in [0.15, 0.2) is 5.75 Å². The molecule has 6 nitrogen and oxygen atoms in total. The van der Waals surface area contributed by atoms with Crippen LogP contribution in [0.1, 0.15) is 10.4 Å². The molecule has 14 heavy (non-hydrogen) atoms. The summed E-state index contributed by atoms with van der Waals surface area (Å²) < 4.78 is 0. The predicted molar refractivity (Wildman–Crippen MR) is 46.6 cm³/mol. The van der Waals surface area contributed by atoms with E-state index in [1.54, 1.807) is 0 Å². The molecule has 0 atom stereocenters. The van der Waals surface area contributed by atoms with Crippen LogP contribution in [0.5, 0.6) is 11.5 Å². The van der Waals surface area contributed by atoms with Gasteiger partial charge in [0.2, 0.25) is 5.75 Å². The fourth-order valence-corrected chi connectivity index (χ4v) is 1.06. The molecule has 0 unspecified atom stereocenters. The molecule has 0 aliphatic rings. The maximum atomic E-state index is 10.7. The van der Waals surface area contributed by atoms with Gasteiger partial charge in [-0.05, 0) is 23.7 Å². The number of hydrogen-bond acceptors (Lipinski definition) is 5. The quantitative estimate of drug-likeness (QED) is 0.337. The summed E-state index contributed by atoms with van der Waals surface area (Å²) in [4.78, 5) is 20.1. The van der Waals surface area contributed by atoms with Crippen LogP contribution in [0.3, 0.4) is 0 Å². The Morgan fingerprint density at radius 1 is 1.43 bits per heavy atom. The van der Waals surface area contributed by atoms with Crippen LogP contribution < -0.4 is 0 Å². The molecule has 7 heteroatoms. The second kappa shape index (κ2) is 3.51. The van der Waals surface area contributed by atoms with E-state index in [-0.39, 0.29) is 0 Å². The molecule has 1 rings (SSSR count). The maximum Gasteiger partial charge on any atom is 0.326 e. The molecule has 0 radical (unpaired) electrons. The topological polar surface area (TPSA) is 101 Å². The lowest BCUT2D eigenvalue weighted by Gasteiger charge is -2.01. The number of hydrogen-bond donors (Lipinski definition) is 2. The first-order valence-corrected chi connectivity index (χ1v) is 3.72. The summed E-state index contributed by atoms with van der Waals surface area (Å²) in [5.74, 6) is -1.65. The molecule has 0 fully saturated rings. The highest BCUT2D eigenvalue weighted by Gasteiger charge is 2.26. The highest BCUT2D eigenvalue weighted by molar-refractivity contribution is 6.68. The fourth-order valence-electron chi connectivity index (χ4n) is 0.912. The second-order valence-electron chi connectivity index (χ2n) is 2.36. The van der Waals surface area contributed by atoms with Gasteiger partial charge in [0.25, 0.3) is 5.24 Å². The third-order valence-corrected chi connectivity index (χ3v) is 1.73. The first kappa shape index (κ1) is 10.3. The molecular weight excluding hydrogens is 214 g/mol. The number of halogens is 1. The number of nitrogens with zero attached hydrogens (tertiary/aromatic N) is 1. The number of nitro groups is 1. The third-order valence-electron chi connectivity index (χ3n) is 1.52. The Morgan fingerprint density at radius 2 is 2.00 bits per heavy atom. The largest absolute Gasteiger partial charge is 0.504 e. The molecular formula is C7H4ClNO5. The van der Waals surface area contributed by atoms with Crippen LogP contribution in [0.4, 0.5) is 5.69 Å². The minimum atomic E-state index is -1.08. The number of nitro benzene ring substituents is 1. The van der Waals surface area contributed by atoms with Gasteiger partial charge in [-0.15, -0.1) is 0 Å². The monoisotopic (exact) mass is 217 g/mol. The summed E-state index contributed by atoms with van der Waals surface area (Å²) in [6.07, 6.45) is 0. The molecule has 1 aromatic rings. The van der Waals surface area contributed by atoms with Crippen molar-refractivity contribution in [2.75, 3.05) is 0 Å². The average molecular weight is 218 g/mol. The Bertz CT molecular complexity index is 417. The summed E-state index contributed by atoms with van der Waals surface area (Å²) in [5, 5.41) is 27.4. The molecule has 0 bridgehead atoms. The molecule has 74 valence electrons. The summed E-state index contributed by atoms with van der Waals surface area (Å²) >= 11 is 5.04. The van der Waals surface area contributed by atoms with Crippen molar-refractivity contribution in [2.45, 2.75) is 0 Å². The van der Waals surface area contributed by atoms with Gasteiger partial charge in [-0.1, -0.05) is 0 Å². The van der Waals surface area contributed by atoms with Gasteiger partial charge >= 0.3 is 5.69 Å². The van der Waals surface area contributed by atoms with Crippen molar-refractivity contribution >= 4 is 22.5 Å². The van der Waals surface area contributed by atoms with E-state index in [0.29, 0.717) is 0 Å². The van der Waals surface area contributed by atoms with Crippen molar-refractivity contribution < 1.29 is 19.9 Å². The zero-order valence-electron chi connectivity index (χ0n) is 6.60. The highest BCUT2D eigenvalue weighted by Crippen LogP contribution is 2.38. The van der Waals surface area contributed by atoms with E-state index in [2.05, 4.69) is 0 Å². The van der Waals surface area contributed by atoms with Gasteiger partial charge < -0.3 is 10.2 Å². The Balaban J connectivity index is 3.53. The van der Waals surface area contributed by atoms with Crippen molar-refractivity contribution in [2.24, 2.45) is 0 Å². The van der Waals surface area contributed by atoms with E-state index < -0.39 is 32.9 Å². The SMILES string of the molecule is O=C(Cl)c1ccc(O)c(O)c1[N+](=O)[O-]. The minimum Gasteiger partial charge on any atom is -0.504 e. The number of rotatable bonds is 2. The lowest BCUT2D eigenvalue weighted by molar-refractivity contribution is -0.386. The van der Waals surface area contributed by atoms with E-state index in [4.69, 9.17) is 21.8 Å². The van der Waals surface area contributed by atoms with E-state index in [0.717, 1.165) is 12.1 Å². The summed E-state index contributed by atoms with van der Waals surface area (Å²) in [7, 11) is 0. The van der Waals surface area contributed by atoms with Crippen LogP contribution in [0, 0.1) is 10.1 Å². The molecule has 0 saturated carbocycles. The Labute approximate surface area is 82.5 Å². The summed E-state index contributed by atoms with van der Waals surface area (Å²) in [6, 6.07) is 1.90. The Kier molecular flexibility index (Phi) is 2.57. The summed E-state index contributed by atoms with van der Waals surface area (Å²) in [5.41, 5.74) is -1.36. The number of aromatic hydroxyl groups is 2. The van der Waals surface area contributed by atoms with Crippen molar-refractivity contribution in [1.29, 1.82) is 0 Å². The van der Waals surface area contributed by atoms with Gasteiger partial charge in [0.05, 0.1) is 4.92 Å². The molecule has 0 saturated heterocycles. The van der Waals surface area contributed by atoms with Crippen LogP contribution in [0.15, 0.2) is 12.1 Å². The first-order chi connectivity index (χ1) is 6.45. The minimum absolute atomic E-state index is 0.466. The van der Waals surface area contributed by atoms with Gasteiger partial charge in [-0.3, -0.25) is 14.9 Å². The number of benzene rings is 1. The fraction of sp³-hybridized carbons (Fsp3) is 0. The Hall–Kier alpha value is -1.82. The number of phenolic OH excluding ortho intramolecular Hbond substituents is 2. The van der Waals surface area contributed by atoms with Crippen LogP contribution >= 0.6 is 11.6 Å². The van der Waals surface area contributed by atoms with E-state index in [9.17, 15) is 14.9 Å². The van der Waals surface area contributed by atoms with E-state index >= 15 is 0 Å². The number of carbonyl (C=O) groups is 1. The molecule has 0 aromatic heterocycles. The maximum absolute atomic E-state index is 10.7. The first-order valence-electron chi connectivity index (χ1n) is 3.34. The molecule has 0 spiro atoms. The van der Waals surface area contributed by atoms with Crippen molar-refractivity contribution in [3.8, 4) is 11.5 Å². The molecule has 0 amide bonds. The van der Waals surface area contributed by atoms with E-state index in [1.807, 2.05) is 0 Å². The van der Waals surface area contributed by atoms with Crippen LogP contribution in [0.2, 0.25) is 0 Å². The lowest BCUT2D eigenvalue weighted by Crippen LogP contribution is -1.98.